The van der Waals surface area contributed by atoms with Crippen molar-refractivity contribution in [1.82, 2.24) is 0 Å². The van der Waals surface area contributed by atoms with E-state index in [0.29, 0.717) is 5.75 Å². The third kappa shape index (κ3) is 4.40. The number of nitrogens with one attached hydrogen (secondary N) is 1. The van der Waals surface area contributed by atoms with Gasteiger partial charge in [-0.25, -0.2) is 0 Å². The maximum absolute atomic E-state index is 11.9. The van der Waals surface area contributed by atoms with E-state index in [-0.39, 0.29) is 17.8 Å². The molecule has 2 N–H and O–H groups in total. The lowest BCUT2D eigenvalue weighted by Crippen LogP contribution is -2.23. The summed E-state index contributed by atoms with van der Waals surface area (Å²) < 4.78 is 0. The van der Waals surface area contributed by atoms with Crippen molar-refractivity contribution < 1.29 is 9.90 Å². The molecule has 0 aliphatic carbocycles. The number of benzene rings is 1. The van der Waals surface area contributed by atoms with Gasteiger partial charge in [0.1, 0.15) is 0 Å². The predicted molar refractivity (Wildman–Crippen MR) is 73.6 cm³/mol. The maximum Gasteiger partial charge on any atom is 0.237 e. The average Bonchev–Trinajstić information content (AvgIpc) is 2.30. The van der Waals surface area contributed by atoms with E-state index < -0.39 is 0 Å². The van der Waals surface area contributed by atoms with Gasteiger partial charge in [0.15, 0.2) is 0 Å². The Morgan fingerprint density at radius 1 is 1.47 bits per heavy atom. The van der Waals surface area contributed by atoms with Gasteiger partial charge in [0.05, 0.1) is 11.9 Å². The summed E-state index contributed by atoms with van der Waals surface area (Å²) in [7, 11) is 0. The predicted octanol–water partition coefficient (Wildman–Crippen LogP) is 2.36. The van der Waals surface area contributed by atoms with Gasteiger partial charge >= 0.3 is 0 Å². The fourth-order valence-electron chi connectivity index (χ4n) is 1.41. The molecule has 0 aliphatic rings. The van der Waals surface area contributed by atoms with Crippen LogP contribution in [0.15, 0.2) is 18.2 Å². The molecule has 94 valence electrons. The Kier molecular flexibility index (Phi) is 5.51. The van der Waals surface area contributed by atoms with Crippen LogP contribution in [0.25, 0.3) is 0 Å². The molecule has 0 aliphatic heterocycles. The summed E-state index contributed by atoms with van der Waals surface area (Å²) in [5.74, 6) is 0.568. The Bertz CT molecular complexity index is 393. The summed E-state index contributed by atoms with van der Waals surface area (Å²) in [6, 6.07) is 5.99. The van der Waals surface area contributed by atoms with Crippen molar-refractivity contribution >= 4 is 23.4 Å². The monoisotopic (exact) mass is 253 g/mol. The average molecular weight is 253 g/mol. The van der Waals surface area contributed by atoms with Crippen molar-refractivity contribution in [2.75, 3.05) is 17.7 Å². The second kappa shape index (κ2) is 6.67. The lowest BCUT2D eigenvalue weighted by molar-refractivity contribution is -0.115. The molecule has 0 heterocycles. The molecule has 17 heavy (non-hydrogen) atoms. The summed E-state index contributed by atoms with van der Waals surface area (Å²) in [5, 5.41) is 11.5. The van der Waals surface area contributed by atoms with Crippen LogP contribution in [0.3, 0.4) is 0 Å². The second-order valence-corrected chi connectivity index (χ2v) is 5.49. The highest BCUT2D eigenvalue weighted by Crippen LogP contribution is 2.18. The third-order valence-corrected chi connectivity index (χ3v) is 3.61. The third-order valence-electron chi connectivity index (χ3n) is 2.48. The van der Waals surface area contributed by atoms with Crippen LogP contribution in [0.5, 0.6) is 0 Å². The van der Waals surface area contributed by atoms with Crippen molar-refractivity contribution in [3.05, 3.63) is 29.3 Å². The molecule has 1 unspecified atom stereocenters. The summed E-state index contributed by atoms with van der Waals surface area (Å²) in [6.45, 7) is 5.92. The number of aliphatic hydroxyl groups is 1. The molecule has 1 amide bonds. The number of aryl methyl sites for hydroxylation is 2. The van der Waals surface area contributed by atoms with Crippen LogP contribution >= 0.6 is 11.8 Å². The van der Waals surface area contributed by atoms with Gasteiger partial charge in [-0.1, -0.05) is 12.1 Å². The minimum absolute atomic E-state index is 0.0165. The molecule has 0 spiro atoms. The molecular formula is C13H19NO2S. The molecule has 0 radical (unpaired) electrons. The Morgan fingerprint density at radius 3 is 2.82 bits per heavy atom. The first-order valence-electron chi connectivity index (χ1n) is 5.65. The summed E-state index contributed by atoms with van der Waals surface area (Å²) in [6.07, 6.45) is 0. The minimum Gasteiger partial charge on any atom is -0.396 e. The second-order valence-electron chi connectivity index (χ2n) is 4.04. The lowest BCUT2D eigenvalue weighted by atomic mass is 10.1. The molecule has 1 aromatic carbocycles. The minimum atomic E-state index is -0.151. The van der Waals surface area contributed by atoms with Crippen molar-refractivity contribution in [1.29, 1.82) is 0 Å². The van der Waals surface area contributed by atoms with Crippen LogP contribution in [-0.4, -0.2) is 28.6 Å². The number of carbonyl (C=O) groups excluding carboxylic acids is 1. The molecule has 0 fully saturated rings. The number of thioether (sulfide) groups is 1. The molecular weight excluding hydrogens is 234 g/mol. The first-order chi connectivity index (χ1) is 8.04. The van der Waals surface area contributed by atoms with E-state index in [1.165, 1.54) is 11.8 Å². The van der Waals surface area contributed by atoms with Crippen LogP contribution < -0.4 is 5.32 Å². The fourth-order valence-corrected chi connectivity index (χ4v) is 2.08. The van der Waals surface area contributed by atoms with E-state index in [4.69, 9.17) is 5.11 Å². The zero-order valence-corrected chi connectivity index (χ0v) is 11.3. The quantitative estimate of drug-likeness (QED) is 0.847. The molecule has 0 saturated carbocycles. The molecule has 0 aromatic heterocycles. The molecule has 1 atom stereocenters. The van der Waals surface area contributed by atoms with E-state index in [9.17, 15) is 4.79 Å². The first kappa shape index (κ1) is 14.1. The van der Waals surface area contributed by atoms with E-state index >= 15 is 0 Å². The standard InChI is InChI=1S/C13H19NO2S/c1-9-4-5-10(2)12(8-9)14-13(16)11(3)17-7-6-15/h4-5,8,11,15H,6-7H2,1-3H3,(H,14,16). The molecule has 4 heteroatoms. The van der Waals surface area contributed by atoms with E-state index in [1.54, 1.807) is 0 Å². The zero-order chi connectivity index (χ0) is 12.8. The molecule has 0 saturated heterocycles. The Labute approximate surface area is 107 Å². The van der Waals surface area contributed by atoms with Gasteiger partial charge < -0.3 is 10.4 Å². The number of rotatable bonds is 5. The van der Waals surface area contributed by atoms with Gasteiger partial charge in [0, 0.05) is 11.4 Å². The topological polar surface area (TPSA) is 49.3 Å². The van der Waals surface area contributed by atoms with Crippen LogP contribution in [0.4, 0.5) is 5.69 Å². The van der Waals surface area contributed by atoms with Gasteiger partial charge in [-0.05, 0) is 38.0 Å². The number of amides is 1. The molecule has 1 rings (SSSR count). The van der Waals surface area contributed by atoms with Crippen LogP contribution in [0, 0.1) is 13.8 Å². The maximum atomic E-state index is 11.9. The summed E-state index contributed by atoms with van der Waals surface area (Å²) in [4.78, 5) is 11.9. The fraction of sp³-hybridized carbons (Fsp3) is 0.462. The summed E-state index contributed by atoms with van der Waals surface area (Å²) >= 11 is 1.45. The lowest BCUT2D eigenvalue weighted by Gasteiger charge is -2.13. The number of aliphatic hydroxyl groups excluding tert-OH is 1. The van der Waals surface area contributed by atoms with Crippen LogP contribution in [0.2, 0.25) is 0 Å². The number of hydrogen-bond donors (Lipinski definition) is 2. The van der Waals surface area contributed by atoms with Crippen LogP contribution in [0.1, 0.15) is 18.1 Å². The van der Waals surface area contributed by atoms with Gasteiger partial charge in [-0.15, -0.1) is 11.8 Å². The highest BCUT2D eigenvalue weighted by atomic mass is 32.2. The van der Waals surface area contributed by atoms with Crippen molar-refractivity contribution in [2.45, 2.75) is 26.0 Å². The van der Waals surface area contributed by atoms with E-state index in [1.807, 2.05) is 39.0 Å². The molecule has 3 nitrogen and oxygen atoms in total. The molecule has 1 aromatic rings. The van der Waals surface area contributed by atoms with Gasteiger partial charge in [0.25, 0.3) is 0 Å². The van der Waals surface area contributed by atoms with Gasteiger partial charge in [0.2, 0.25) is 5.91 Å². The number of carbonyl (C=O) groups is 1. The smallest absolute Gasteiger partial charge is 0.237 e. The highest BCUT2D eigenvalue weighted by Gasteiger charge is 2.13. The number of anilines is 1. The SMILES string of the molecule is Cc1ccc(C)c(NC(=O)C(C)SCCO)c1. The van der Waals surface area contributed by atoms with Crippen molar-refractivity contribution in [2.24, 2.45) is 0 Å². The molecule has 0 bridgehead atoms. The zero-order valence-electron chi connectivity index (χ0n) is 10.5. The van der Waals surface area contributed by atoms with Crippen molar-refractivity contribution in [3.63, 3.8) is 0 Å². The first-order valence-corrected chi connectivity index (χ1v) is 6.70. The van der Waals surface area contributed by atoms with Gasteiger partial charge in [-0.3, -0.25) is 4.79 Å². The van der Waals surface area contributed by atoms with Crippen LogP contribution in [-0.2, 0) is 4.79 Å². The number of hydrogen-bond acceptors (Lipinski definition) is 3. The normalized spacial score (nSPS) is 12.2. The Hall–Kier alpha value is -1.00. The Morgan fingerprint density at radius 2 is 2.18 bits per heavy atom. The van der Waals surface area contributed by atoms with E-state index in [0.717, 1.165) is 16.8 Å². The van der Waals surface area contributed by atoms with Crippen molar-refractivity contribution in [3.8, 4) is 0 Å². The Balaban J connectivity index is 2.64. The largest absolute Gasteiger partial charge is 0.396 e. The summed E-state index contributed by atoms with van der Waals surface area (Å²) in [5.41, 5.74) is 3.05. The van der Waals surface area contributed by atoms with Gasteiger partial charge in [-0.2, -0.15) is 0 Å². The van der Waals surface area contributed by atoms with E-state index in [2.05, 4.69) is 5.32 Å². The highest BCUT2D eigenvalue weighted by molar-refractivity contribution is 8.00.